The Morgan fingerprint density at radius 3 is 2.96 bits per heavy atom. The molecule has 2 rings (SSSR count). The lowest BCUT2D eigenvalue weighted by Gasteiger charge is -2.09. The molecule has 122 valence electrons. The fourth-order valence-electron chi connectivity index (χ4n) is 1.70. The molecule has 0 fully saturated rings. The number of benzene rings is 1. The Kier molecular flexibility index (Phi) is 5.98. The first-order valence-electron chi connectivity index (χ1n) is 7.17. The molecule has 0 bridgehead atoms. The molecule has 9 heteroatoms. The van der Waals surface area contributed by atoms with Gasteiger partial charge < -0.3 is 4.74 Å². The van der Waals surface area contributed by atoms with E-state index in [0.717, 1.165) is 12.8 Å². The van der Waals surface area contributed by atoms with Crippen molar-refractivity contribution in [3.63, 3.8) is 0 Å². The molecule has 0 atom stereocenters. The van der Waals surface area contributed by atoms with Gasteiger partial charge in [-0.1, -0.05) is 24.5 Å². The number of hydrogen-bond acceptors (Lipinski definition) is 6. The number of hydrogen-bond donors (Lipinski definition) is 2. The molecule has 2 N–H and O–H groups in total. The van der Waals surface area contributed by atoms with Crippen LogP contribution in [0, 0.1) is 0 Å². The second kappa shape index (κ2) is 8.18. The first-order chi connectivity index (χ1) is 11.1. The zero-order valence-corrected chi connectivity index (χ0v) is 13.8. The minimum atomic E-state index is -0.340. The number of carbonyl (C=O) groups excluding carboxylic acids is 1. The van der Waals surface area contributed by atoms with E-state index < -0.39 is 0 Å². The predicted octanol–water partition coefficient (Wildman–Crippen LogP) is 1.52. The van der Waals surface area contributed by atoms with E-state index in [9.17, 15) is 4.79 Å². The summed E-state index contributed by atoms with van der Waals surface area (Å²) in [5.41, 5.74) is 0.454. The van der Waals surface area contributed by atoms with Gasteiger partial charge in [0.05, 0.1) is 13.7 Å². The molecular weight excluding hydrogens is 316 g/mol. The number of rotatable bonds is 6. The van der Waals surface area contributed by atoms with Gasteiger partial charge >= 0.3 is 0 Å². The molecule has 8 nitrogen and oxygen atoms in total. The maximum atomic E-state index is 12.2. The quantitative estimate of drug-likeness (QED) is 0.611. The zero-order chi connectivity index (χ0) is 16.7. The van der Waals surface area contributed by atoms with Crippen LogP contribution in [-0.2, 0) is 7.05 Å². The second-order valence-corrected chi connectivity index (χ2v) is 5.15. The van der Waals surface area contributed by atoms with E-state index in [1.807, 2.05) is 6.07 Å². The molecular formula is C14H18N6O2S. The van der Waals surface area contributed by atoms with Gasteiger partial charge in [0.1, 0.15) is 5.75 Å². The number of anilines is 1. The van der Waals surface area contributed by atoms with Gasteiger partial charge in [-0.05, 0) is 42.1 Å². The Bertz CT molecular complexity index is 687. The van der Waals surface area contributed by atoms with Crippen LogP contribution in [0.2, 0.25) is 0 Å². The Morgan fingerprint density at radius 1 is 1.43 bits per heavy atom. The van der Waals surface area contributed by atoms with Crippen LogP contribution < -0.4 is 15.4 Å². The molecule has 1 aromatic carbocycles. The number of ether oxygens (including phenoxy) is 1. The van der Waals surface area contributed by atoms with Gasteiger partial charge in [-0.2, -0.15) is 4.80 Å². The summed E-state index contributed by atoms with van der Waals surface area (Å²) >= 11 is 5.05. The highest BCUT2D eigenvalue weighted by Gasteiger charge is 2.10. The third-order valence-corrected chi connectivity index (χ3v) is 3.03. The van der Waals surface area contributed by atoms with Crippen LogP contribution in [0.1, 0.15) is 30.1 Å². The number of thiocarbonyl (C=S) groups is 1. The minimum Gasteiger partial charge on any atom is -0.494 e. The van der Waals surface area contributed by atoms with E-state index in [2.05, 4.69) is 33.0 Å². The maximum Gasteiger partial charge on any atom is 0.269 e. The van der Waals surface area contributed by atoms with Crippen LogP contribution in [-0.4, -0.2) is 37.8 Å². The normalized spacial score (nSPS) is 10.2. The highest BCUT2D eigenvalue weighted by Crippen LogP contribution is 2.13. The largest absolute Gasteiger partial charge is 0.494 e. The Balaban J connectivity index is 1.91. The molecule has 1 amide bonds. The fraction of sp³-hybridized carbons (Fsp3) is 0.357. The van der Waals surface area contributed by atoms with Crippen molar-refractivity contribution in [2.45, 2.75) is 19.8 Å². The molecule has 0 radical (unpaired) electrons. The van der Waals surface area contributed by atoms with Crippen molar-refractivity contribution >= 4 is 29.2 Å². The smallest absolute Gasteiger partial charge is 0.269 e. The zero-order valence-electron chi connectivity index (χ0n) is 12.9. The summed E-state index contributed by atoms with van der Waals surface area (Å²) in [5, 5.41) is 16.6. The number of aryl methyl sites for hydroxylation is 1. The summed E-state index contributed by atoms with van der Waals surface area (Å²) in [7, 11) is 1.63. The van der Waals surface area contributed by atoms with Gasteiger partial charge in [0.15, 0.2) is 5.11 Å². The number of amides is 1. The summed E-state index contributed by atoms with van der Waals surface area (Å²) in [6.45, 7) is 2.72. The number of aromatic nitrogens is 4. The van der Waals surface area contributed by atoms with Gasteiger partial charge in [-0.15, -0.1) is 5.10 Å². The maximum absolute atomic E-state index is 12.2. The molecule has 1 heterocycles. The van der Waals surface area contributed by atoms with E-state index in [1.165, 1.54) is 4.80 Å². The summed E-state index contributed by atoms with van der Waals surface area (Å²) in [5.74, 6) is 0.530. The first-order valence-corrected chi connectivity index (χ1v) is 7.58. The summed E-state index contributed by atoms with van der Waals surface area (Å²) in [6, 6.07) is 6.93. The number of carbonyl (C=O) groups is 1. The van der Waals surface area contributed by atoms with Crippen molar-refractivity contribution in [1.82, 2.24) is 25.5 Å². The Morgan fingerprint density at radius 2 is 2.26 bits per heavy atom. The SMILES string of the molecule is CCCCOc1cccc(C(=O)NC(=S)Nc2nnn(C)n2)c1. The first kappa shape index (κ1) is 16.8. The molecule has 0 saturated carbocycles. The monoisotopic (exact) mass is 334 g/mol. The molecule has 23 heavy (non-hydrogen) atoms. The highest BCUT2D eigenvalue weighted by molar-refractivity contribution is 7.80. The van der Waals surface area contributed by atoms with Crippen LogP contribution in [0.25, 0.3) is 0 Å². The number of nitrogens with one attached hydrogen (secondary N) is 2. The lowest BCUT2D eigenvalue weighted by molar-refractivity contribution is 0.0977. The van der Waals surface area contributed by atoms with Crippen molar-refractivity contribution in [1.29, 1.82) is 0 Å². The highest BCUT2D eigenvalue weighted by atomic mass is 32.1. The summed E-state index contributed by atoms with van der Waals surface area (Å²) < 4.78 is 5.58. The van der Waals surface area contributed by atoms with E-state index in [1.54, 1.807) is 25.2 Å². The van der Waals surface area contributed by atoms with Gasteiger partial charge in [-0.25, -0.2) is 0 Å². The van der Waals surface area contributed by atoms with Crippen LogP contribution in [0.15, 0.2) is 24.3 Å². The van der Waals surface area contributed by atoms with E-state index >= 15 is 0 Å². The average molecular weight is 334 g/mol. The van der Waals surface area contributed by atoms with Crippen LogP contribution in [0.3, 0.4) is 0 Å². The van der Waals surface area contributed by atoms with Crippen LogP contribution in [0.4, 0.5) is 5.95 Å². The third-order valence-electron chi connectivity index (χ3n) is 2.82. The van der Waals surface area contributed by atoms with Crippen molar-refractivity contribution in [2.75, 3.05) is 11.9 Å². The minimum absolute atomic E-state index is 0.0975. The number of tetrazole rings is 1. The standard InChI is InChI=1S/C14H18N6O2S/c1-3-4-8-22-11-7-5-6-10(9-11)12(21)15-14(23)16-13-17-19-20(2)18-13/h5-7,9H,3-4,8H2,1-2H3,(H2,15,16,18,21,23). The van der Waals surface area contributed by atoms with E-state index in [-0.39, 0.29) is 17.0 Å². The molecule has 0 spiro atoms. The molecule has 1 aromatic heterocycles. The third kappa shape index (κ3) is 5.29. The van der Waals surface area contributed by atoms with E-state index in [4.69, 9.17) is 17.0 Å². The Hall–Kier alpha value is -2.55. The summed E-state index contributed by atoms with van der Waals surface area (Å²) in [4.78, 5) is 13.5. The molecule has 0 aliphatic rings. The topological polar surface area (TPSA) is 94.0 Å². The Labute approximate surface area is 139 Å². The van der Waals surface area contributed by atoms with Crippen molar-refractivity contribution in [2.24, 2.45) is 7.05 Å². The van der Waals surface area contributed by atoms with Gasteiger partial charge in [-0.3, -0.25) is 15.4 Å². The molecule has 0 aliphatic heterocycles. The van der Waals surface area contributed by atoms with Crippen LogP contribution >= 0.6 is 12.2 Å². The van der Waals surface area contributed by atoms with Gasteiger partial charge in [0.25, 0.3) is 11.9 Å². The van der Waals surface area contributed by atoms with Crippen molar-refractivity contribution in [3.8, 4) is 5.75 Å². The average Bonchev–Trinajstić information content (AvgIpc) is 2.92. The van der Waals surface area contributed by atoms with E-state index in [0.29, 0.717) is 17.9 Å². The molecule has 2 aromatic rings. The van der Waals surface area contributed by atoms with Crippen molar-refractivity contribution < 1.29 is 9.53 Å². The lowest BCUT2D eigenvalue weighted by Crippen LogP contribution is -2.34. The summed E-state index contributed by atoms with van der Waals surface area (Å²) in [6.07, 6.45) is 2.02. The molecule has 0 unspecified atom stereocenters. The number of nitrogens with zero attached hydrogens (tertiary/aromatic N) is 4. The molecule has 0 saturated heterocycles. The predicted molar refractivity (Wildman–Crippen MR) is 89.3 cm³/mol. The van der Waals surface area contributed by atoms with Crippen molar-refractivity contribution in [3.05, 3.63) is 29.8 Å². The van der Waals surface area contributed by atoms with Gasteiger partial charge in [0.2, 0.25) is 0 Å². The van der Waals surface area contributed by atoms with Gasteiger partial charge in [0, 0.05) is 5.56 Å². The number of unbranched alkanes of at least 4 members (excludes halogenated alkanes) is 1. The van der Waals surface area contributed by atoms with Crippen LogP contribution in [0.5, 0.6) is 5.75 Å². The second-order valence-electron chi connectivity index (χ2n) is 4.74. The fourth-order valence-corrected chi connectivity index (χ4v) is 1.89. The lowest BCUT2D eigenvalue weighted by atomic mass is 10.2. The molecule has 0 aliphatic carbocycles.